The van der Waals surface area contributed by atoms with E-state index in [1.807, 2.05) is 24.3 Å². The summed E-state index contributed by atoms with van der Waals surface area (Å²) in [6, 6.07) is 18.5. The first-order valence-corrected chi connectivity index (χ1v) is 7.92. The Bertz CT molecular complexity index is 627. The summed E-state index contributed by atoms with van der Waals surface area (Å²) in [4.78, 5) is 2.25. The molecule has 0 radical (unpaired) electrons. The Labute approximate surface area is 136 Å². The first kappa shape index (κ1) is 14.9. The second-order valence-corrected chi connectivity index (χ2v) is 5.89. The molecule has 114 valence electrons. The lowest BCUT2D eigenvalue weighted by atomic mass is 9.99. The zero-order chi connectivity index (χ0) is 15.4. The fraction of sp³-hybridized carbons (Fsp3) is 0.278. The smallest absolute Gasteiger partial charge is 0.173 e. The Kier molecular flexibility index (Phi) is 4.59. The van der Waals surface area contributed by atoms with Gasteiger partial charge in [0.1, 0.15) is 5.75 Å². The molecule has 0 amide bonds. The van der Waals surface area contributed by atoms with E-state index in [2.05, 4.69) is 40.5 Å². The summed E-state index contributed by atoms with van der Waals surface area (Å²) in [6.07, 6.45) is 1.15. The van der Waals surface area contributed by atoms with Crippen molar-refractivity contribution in [1.82, 2.24) is 4.90 Å². The van der Waals surface area contributed by atoms with Gasteiger partial charge in [-0.2, -0.15) is 0 Å². The summed E-state index contributed by atoms with van der Waals surface area (Å²) in [5, 5.41) is 4.10. The largest absolute Gasteiger partial charge is 0.497 e. The minimum atomic E-state index is 0.566. The van der Waals surface area contributed by atoms with Crippen LogP contribution in [0.3, 0.4) is 0 Å². The van der Waals surface area contributed by atoms with Crippen LogP contribution in [0.15, 0.2) is 54.6 Å². The number of nitrogens with one attached hydrogen (secondary N) is 1. The van der Waals surface area contributed by atoms with E-state index in [1.54, 1.807) is 7.11 Å². The van der Waals surface area contributed by atoms with Crippen LogP contribution in [0.4, 0.5) is 5.69 Å². The van der Waals surface area contributed by atoms with Crippen LogP contribution < -0.4 is 10.1 Å². The summed E-state index contributed by atoms with van der Waals surface area (Å²) < 4.78 is 5.17. The standard InChI is InChI=1S/C18H20N2OS/c1-21-17-9-7-16(8-10-17)19-18(22)20-12-11-15(13-20)14-5-3-2-4-6-14/h2-10,15H,11-13H2,1H3,(H,19,22)/t15-/m0/s1. The second kappa shape index (κ2) is 6.79. The molecule has 0 aliphatic carbocycles. The summed E-state index contributed by atoms with van der Waals surface area (Å²) in [5.74, 6) is 1.42. The third-order valence-corrected chi connectivity index (χ3v) is 4.45. The van der Waals surface area contributed by atoms with Crippen molar-refractivity contribution in [2.24, 2.45) is 0 Å². The molecular formula is C18H20N2OS. The van der Waals surface area contributed by atoms with Crippen LogP contribution in [-0.2, 0) is 0 Å². The van der Waals surface area contributed by atoms with Gasteiger partial charge >= 0.3 is 0 Å². The third-order valence-electron chi connectivity index (χ3n) is 4.09. The first-order chi connectivity index (χ1) is 10.8. The van der Waals surface area contributed by atoms with Gasteiger partial charge in [-0.05, 0) is 48.5 Å². The highest BCUT2D eigenvalue weighted by atomic mass is 32.1. The molecule has 1 saturated heterocycles. The van der Waals surface area contributed by atoms with Crippen molar-refractivity contribution in [2.75, 3.05) is 25.5 Å². The summed E-state index contributed by atoms with van der Waals surface area (Å²) in [6.45, 7) is 1.98. The third kappa shape index (κ3) is 3.39. The van der Waals surface area contributed by atoms with Crippen LogP contribution in [0, 0.1) is 0 Å². The highest BCUT2D eigenvalue weighted by Gasteiger charge is 2.25. The van der Waals surface area contributed by atoms with Crippen molar-refractivity contribution in [2.45, 2.75) is 12.3 Å². The van der Waals surface area contributed by atoms with Gasteiger partial charge in [-0.15, -0.1) is 0 Å². The number of hydrogen-bond donors (Lipinski definition) is 1. The number of methoxy groups -OCH3 is 1. The van der Waals surface area contributed by atoms with Crippen molar-refractivity contribution in [3.8, 4) is 5.75 Å². The minimum absolute atomic E-state index is 0.566. The Morgan fingerprint density at radius 3 is 2.55 bits per heavy atom. The summed E-state index contributed by atoms with van der Waals surface area (Å²) in [5.41, 5.74) is 2.39. The van der Waals surface area contributed by atoms with Gasteiger partial charge in [-0.25, -0.2) is 0 Å². The molecule has 1 aliphatic rings. The zero-order valence-electron chi connectivity index (χ0n) is 12.7. The molecular weight excluding hydrogens is 292 g/mol. The Morgan fingerprint density at radius 2 is 1.86 bits per heavy atom. The molecule has 0 spiro atoms. The van der Waals surface area contributed by atoms with Crippen molar-refractivity contribution >= 4 is 23.0 Å². The van der Waals surface area contributed by atoms with E-state index in [-0.39, 0.29) is 0 Å². The van der Waals surface area contributed by atoms with E-state index in [0.717, 1.165) is 36.1 Å². The number of ether oxygens (including phenoxy) is 1. The number of thiocarbonyl (C=S) groups is 1. The van der Waals surface area contributed by atoms with Crippen LogP contribution in [0.2, 0.25) is 0 Å². The molecule has 0 saturated carbocycles. The topological polar surface area (TPSA) is 24.5 Å². The number of hydrogen-bond acceptors (Lipinski definition) is 2. The van der Waals surface area contributed by atoms with E-state index < -0.39 is 0 Å². The predicted molar refractivity (Wildman–Crippen MR) is 94.6 cm³/mol. The summed E-state index contributed by atoms with van der Waals surface area (Å²) in [7, 11) is 1.67. The van der Waals surface area contributed by atoms with E-state index in [0.29, 0.717) is 5.92 Å². The lowest BCUT2D eigenvalue weighted by Gasteiger charge is -2.21. The molecule has 1 atom stereocenters. The molecule has 0 unspecified atom stereocenters. The SMILES string of the molecule is COc1ccc(NC(=S)N2CC[C@H](c3ccccc3)C2)cc1. The van der Waals surface area contributed by atoms with Crippen LogP contribution in [-0.4, -0.2) is 30.2 Å². The van der Waals surface area contributed by atoms with Gasteiger partial charge in [-0.1, -0.05) is 30.3 Å². The molecule has 0 aromatic heterocycles. The molecule has 0 bridgehead atoms. The van der Waals surface area contributed by atoms with E-state index >= 15 is 0 Å². The zero-order valence-corrected chi connectivity index (χ0v) is 13.5. The van der Waals surface area contributed by atoms with Crippen molar-refractivity contribution in [3.05, 3.63) is 60.2 Å². The molecule has 1 heterocycles. The Balaban J connectivity index is 1.59. The maximum atomic E-state index is 5.54. The second-order valence-electron chi connectivity index (χ2n) is 5.50. The van der Waals surface area contributed by atoms with E-state index in [1.165, 1.54) is 5.56 Å². The van der Waals surface area contributed by atoms with Gasteiger partial charge in [0, 0.05) is 24.7 Å². The van der Waals surface area contributed by atoms with Gasteiger partial charge in [0.05, 0.1) is 7.11 Å². The molecule has 2 aromatic rings. The van der Waals surface area contributed by atoms with Crippen molar-refractivity contribution < 1.29 is 4.74 Å². The lowest BCUT2D eigenvalue weighted by molar-refractivity contribution is 0.415. The highest BCUT2D eigenvalue weighted by Crippen LogP contribution is 2.27. The molecule has 22 heavy (non-hydrogen) atoms. The molecule has 1 aliphatic heterocycles. The number of nitrogens with zero attached hydrogens (tertiary/aromatic N) is 1. The van der Waals surface area contributed by atoms with E-state index in [4.69, 9.17) is 17.0 Å². The Morgan fingerprint density at radius 1 is 1.14 bits per heavy atom. The summed E-state index contributed by atoms with van der Waals surface area (Å²) >= 11 is 5.54. The van der Waals surface area contributed by atoms with Gasteiger partial charge in [0.15, 0.2) is 5.11 Å². The molecule has 3 rings (SSSR count). The molecule has 1 N–H and O–H groups in total. The lowest BCUT2D eigenvalue weighted by Crippen LogP contribution is -2.32. The average Bonchev–Trinajstić information content (AvgIpc) is 3.06. The molecule has 4 heteroatoms. The predicted octanol–water partition coefficient (Wildman–Crippen LogP) is 3.88. The number of rotatable bonds is 3. The van der Waals surface area contributed by atoms with Crippen LogP contribution in [0.25, 0.3) is 0 Å². The maximum Gasteiger partial charge on any atom is 0.173 e. The van der Waals surface area contributed by atoms with Gasteiger partial charge in [0.2, 0.25) is 0 Å². The highest BCUT2D eigenvalue weighted by molar-refractivity contribution is 7.80. The van der Waals surface area contributed by atoms with Gasteiger partial charge in [0.25, 0.3) is 0 Å². The van der Waals surface area contributed by atoms with Gasteiger partial charge in [-0.3, -0.25) is 0 Å². The maximum absolute atomic E-state index is 5.54. The molecule has 2 aromatic carbocycles. The number of likely N-dealkylation sites (tertiary alicyclic amines) is 1. The van der Waals surface area contributed by atoms with Gasteiger partial charge < -0.3 is 15.0 Å². The fourth-order valence-corrected chi connectivity index (χ4v) is 3.10. The molecule has 1 fully saturated rings. The van der Waals surface area contributed by atoms with E-state index in [9.17, 15) is 0 Å². The minimum Gasteiger partial charge on any atom is -0.497 e. The van der Waals surface area contributed by atoms with Crippen LogP contribution in [0.1, 0.15) is 17.9 Å². The number of anilines is 1. The molecule has 3 nitrogen and oxygen atoms in total. The average molecular weight is 312 g/mol. The first-order valence-electron chi connectivity index (χ1n) is 7.51. The van der Waals surface area contributed by atoms with Crippen LogP contribution >= 0.6 is 12.2 Å². The van der Waals surface area contributed by atoms with Crippen molar-refractivity contribution in [3.63, 3.8) is 0 Å². The number of benzene rings is 2. The van der Waals surface area contributed by atoms with Crippen molar-refractivity contribution in [1.29, 1.82) is 0 Å². The van der Waals surface area contributed by atoms with Crippen LogP contribution in [0.5, 0.6) is 5.75 Å². The monoisotopic (exact) mass is 312 g/mol. The normalized spacial score (nSPS) is 17.3. The quantitative estimate of drug-likeness (QED) is 0.869. The fourth-order valence-electron chi connectivity index (χ4n) is 2.82. The Hall–Kier alpha value is -2.07.